The topological polar surface area (TPSA) is 82.9 Å². The summed E-state index contributed by atoms with van der Waals surface area (Å²) >= 11 is 6.05. The van der Waals surface area contributed by atoms with E-state index in [1.54, 1.807) is 24.3 Å². The van der Waals surface area contributed by atoms with E-state index in [0.717, 1.165) is 27.5 Å². The Morgan fingerprint density at radius 2 is 1.59 bits per heavy atom. The first-order chi connectivity index (χ1) is 16.2. The van der Waals surface area contributed by atoms with E-state index >= 15 is 0 Å². The fourth-order valence-electron chi connectivity index (χ4n) is 5.93. The van der Waals surface area contributed by atoms with Crippen molar-refractivity contribution >= 4 is 29.4 Å². The molecule has 0 radical (unpaired) electrons. The van der Waals surface area contributed by atoms with Crippen LogP contribution in [-0.4, -0.2) is 70.8 Å². The van der Waals surface area contributed by atoms with E-state index < -0.39 is 23.3 Å². The van der Waals surface area contributed by atoms with Gasteiger partial charge in [0, 0.05) is 63.0 Å². The summed E-state index contributed by atoms with van der Waals surface area (Å²) in [6, 6.07) is 11.9. The molecule has 1 aromatic carbocycles. The van der Waals surface area contributed by atoms with Crippen molar-refractivity contribution in [2.45, 2.75) is 25.3 Å². The van der Waals surface area contributed by atoms with Crippen molar-refractivity contribution in [3.8, 4) is 0 Å². The van der Waals surface area contributed by atoms with Crippen molar-refractivity contribution in [2.24, 2.45) is 11.3 Å². The molecule has 2 aromatic rings. The highest BCUT2D eigenvalue weighted by Crippen LogP contribution is 2.39. The second kappa shape index (κ2) is 8.36. The number of urea groups is 1. The average molecular weight is 483 g/mol. The minimum absolute atomic E-state index is 0.0132. The van der Waals surface area contributed by atoms with E-state index in [2.05, 4.69) is 4.90 Å². The Morgan fingerprint density at radius 3 is 2.26 bits per heavy atom. The van der Waals surface area contributed by atoms with Crippen LogP contribution in [0.2, 0.25) is 5.02 Å². The van der Waals surface area contributed by atoms with Gasteiger partial charge < -0.3 is 9.47 Å². The smallest absolute Gasteiger partial charge is 0.312 e. The van der Waals surface area contributed by atoms with E-state index in [4.69, 9.17) is 11.6 Å². The van der Waals surface area contributed by atoms with Gasteiger partial charge in [-0.15, -0.1) is 0 Å². The maximum absolute atomic E-state index is 13.6. The highest BCUT2D eigenvalue weighted by Gasteiger charge is 2.56. The van der Waals surface area contributed by atoms with E-state index in [0.29, 0.717) is 24.7 Å². The quantitative estimate of drug-likeness (QED) is 0.624. The van der Waals surface area contributed by atoms with Crippen LogP contribution >= 0.6 is 11.6 Å². The number of barbiturate groups is 1. The standard InChI is InChI=1S/C25H27ClN4O4/c1-27-22(32)25(23(33)28(2)24(27)34,11-16-6-8-19(26)9-7-16)15-29-12-17-10-18(14-29)20-4-3-5-21(31)30(20)13-17/h3-9,17-18H,10-15H2,1-2H3/t17-,18+/m0/s1. The van der Waals surface area contributed by atoms with Gasteiger partial charge in [-0.3, -0.25) is 24.2 Å². The van der Waals surface area contributed by atoms with Crippen LogP contribution in [0, 0.1) is 11.3 Å². The summed E-state index contributed by atoms with van der Waals surface area (Å²) in [4.78, 5) is 56.4. The second-order valence-corrected chi connectivity index (χ2v) is 10.2. The van der Waals surface area contributed by atoms with Gasteiger partial charge in [-0.2, -0.15) is 0 Å². The van der Waals surface area contributed by atoms with Crippen LogP contribution in [-0.2, 0) is 22.6 Å². The molecule has 3 aliphatic rings. The third kappa shape index (κ3) is 3.65. The first-order valence-electron chi connectivity index (χ1n) is 11.5. The molecule has 0 N–H and O–H groups in total. The lowest BCUT2D eigenvalue weighted by molar-refractivity contribution is -0.159. The van der Waals surface area contributed by atoms with Gasteiger partial charge >= 0.3 is 6.03 Å². The molecule has 2 saturated heterocycles. The number of fused-ring (bicyclic) bond motifs is 4. The van der Waals surface area contributed by atoms with Crippen LogP contribution < -0.4 is 5.56 Å². The van der Waals surface area contributed by atoms with Gasteiger partial charge in [0.2, 0.25) is 11.8 Å². The van der Waals surface area contributed by atoms with Crippen LogP contribution in [0.15, 0.2) is 47.3 Å². The van der Waals surface area contributed by atoms with Gasteiger partial charge in [-0.05, 0) is 42.5 Å². The normalized spacial score (nSPS) is 24.4. The number of hydrogen-bond acceptors (Lipinski definition) is 5. The number of aromatic nitrogens is 1. The molecule has 0 saturated carbocycles. The van der Waals surface area contributed by atoms with Crippen molar-refractivity contribution < 1.29 is 14.4 Å². The predicted molar refractivity (Wildman–Crippen MR) is 127 cm³/mol. The summed E-state index contributed by atoms with van der Waals surface area (Å²) in [6.45, 7) is 2.16. The van der Waals surface area contributed by atoms with Gasteiger partial charge in [0.15, 0.2) is 0 Å². The lowest BCUT2D eigenvalue weighted by Gasteiger charge is -2.48. The van der Waals surface area contributed by atoms with Gasteiger partial charge in [0.25, 0.3) is 5.56 Å². The number of nitrogens with zero attached hydrogens (tertiary/aromatic N) is 4. The van der Waals surface area contributed by atoms with Crippen LogP contribution in [0.1, 0.15) is 23.6 Å². The molecule has 2 atom stereocenters. The fourth-order valence-corrected chi connectivity index (χ4v) is 6.06. The first-order valence-corrected chi connectivity index (χ1v) is 11.8. The molecule has 34 heavy (non-hydrogen) atoms. The highest BCUT2D eigenvalue weighted by atomic mass is 35.5. The molecule has 8 nitrogen and oxygen atoms in total. The zero-order chi connectivity index (χ0) is 24.2. The Labute approximate surface area is 202 Å². The third-order valence-corrected chi connectivity index (χ3v) is 7.72. The minimum Gasteiger partial charge on any atom is -0.312 e. The summed E-state index contributed by atoms with van der Waals surface area (Å²) in [5.41, 5.74) is 0.397. The van der Waals surface area contributed by atoms with Gasteiger partial charge in [0.05, 0.1) is 0 Å². The Bertz CT molecular complexity index is 1200. The Kier molecular flexibility index (Phi) is 5.61. The number of rotatable bonds is 4. The summed E-state index contributed by atoms with van der Waals surface area (Å²) in [7, 11) is 2.86. The summed E-state index contributed by atoms with van der Waals surface area (Å²) < 4.78 is 1.86. The van der Waals surface area contributed by atoms with Crippen molar-refractivity contribution in [2.75, 3.05) is 33.7 Å². The van der Waals surface area contributed by atoms with Crippen LogP contribution in [0.3, 0.4) is 0 Å². The van der Waals surface area contributed by atoms with E-state index in [1.165, 1.54) is 14.1 Å². The van der Waals surface area contributed by atoms with Crippen LogP contribution in [0.5, 0.6) is 0 Å². The molecule has 0 spiro atoms. The monoisotopic (exact) mass is 482 g/mol. The third-order valence-electron chi connectivity index (χ3n) is 7.47. The largest absolute Gasteiger partial charge is 0.332 e. The Hall–Kier alpha value is -2.97. The molecule has 3 aliphatic heterocycles. The number of likely N-dealkylation sites (tertiary alicyclic amines) is 1. The van der Waals surface area contributed by atoms with Crippen molar-refractivity contribution in [3.63, 3.8) is 0 Å². The molecule has 4 heterocycles. The van der Waals surface area contributed by atoms with Crippen LogP contribution in [0.25, 0.3) is 0 Å². The number of carbonyl (C=O) groups is 3. The SMILES string of the molecule is CN1C(=O)N(C)C(=O)C(Cc2ccc(Cl)cc2)(CN2C[C@@H]3C[C@H](C2)c2cccc(=O)n2C3)C1=O. The zero-order valence-electron chi connectivity index (χ0n) is 19.2. The maximum Gasteiger partial charge on any atom is 0.332 e. The van der Waals surface area contributed by atoms with Gasteiger partial charge in [0.1, 0.15) is 5.41 Å². The van der Waals surface area contributed by atoms with Crippen molar-refractivity contribution in [3.05, 3.63) is 69.1 Å². The van der Waals surface area contributed by atoms with E-state index in [1.807, 2.05) is 22.8 Å². The predicted octanol–water partition coefficient (Wildman–Crippen LogP) is 2.20. The van der Waals surface area contributed by atoms with Gasteiger partial charge in [-0.1, -0.05) is 29.8 Å². The number of halogens is 1. The lowest BCUT2D eigenvalue weighted by atomic mass is 9.75. The minimum atomic E-state index is -1.42. The molecule has 5 rings (SSSR count). The number of imide groups is 2. The number of benzene rings is 1. The van der Waals surface area contributed by atoms with Crippen molar-refractivity contribution in [1.82, 2.24) is 19.3 Å². The number of carbonyl (C=O) groups excluding carboxylic acids is 3. The number of hydrogen-bond donors (Lipinski definition) is 0. The summed E-state index contributed by atoms with van der Waals surface area (Å²) in [5.74, 6) is -0.560. The fraction of sp³-hybridized carbons (Fsp3) is 0.440. The number of amides is 4. The summed E-state index contributed by atoms with van der Waals surface area (Å²) in [6.07, 6.45) is 1.15. The summed E-state index contributed by atoms with van der Waals surface area (Å²) in [5, 5.41) is 0.571. The molecule has 0 aliphatic carbocycles. The highest BCUT2D eigenvalue weighted by molar-refractivity contribution is 6.30. The first kappa shape index (κ1) is 22.8. The maximum atomic E-state index is 13.6. The molecule has 9 heteroatoms. The second-order valence-electron chi connectivity index (χ2n) is 9.79. The molecule has 1 aromatic heterocycles. The molecule has 4 amide bonds. The lowest BCUT2D eigenvalue weighted by Crippen LogP contribution is -2.67. The molecule has 0 unspecified atom stereocenters. The Balaban J connectivity index is 1.50. The van der Waals surface area contributed by atoms with Crippen LogP contribution in [0.4, 0.5) is 4.79 Å². The Morgan fingerprint density at radius 1 is 0.912 bits per heavy atom. The number of piperidine rings is 1. The molecular formula is C25H27ClN4O4. The molecule has 2 bridgehead atoms. The average Bonchev–Trinajstić information content (AvgIpc) is 2.82. The van der Waals surface area contributed by atoms with E-state index in [9.17, 15) is 19.2 Å². The van der Waals surface area contributed by atoms with Crippen molar-refractivity contribution in [1.29, 1.82) is 0 Å². The van der Waals surface area contributed by atoms with Gasteiger partial charge in [-0.25, -0.2) is 4.79 Å². The molecule has 178 valence electrons. The zero-order valence-corrected chi connectivity index (χ0v) is 20.0. The number of pyridine rings is 1. The molecule has 2 fully saturated rings. The van der Waals surface area contributed by atoms with E-state index in [-0.39, 0.29) is 30.4 Å². The molecular weight excluding hydrogens is 456 g/mol.